The zero-order valence-electron chi connectivity index (χ0n) is 12.0. The van der Waals surface area contributed by atoms with Crippen LogP contribution in [-0.2, 0) is 19.4 Å². The number of carbonyl (C=O) groups is 1. The minimum atomic E-state index is -3.09. The summed E-state index contributed by atoms with van der Waals surface area (Å²) < 4.78 is 27.4. The van der Waals surface area contributed by atoms with Crippen LogP contribution in [0.4, 0.5) is 0 Å². The minimum absolute atomic E-state index is 0.0224. The third-order valence-corrected chi connectivity index (χ3v) is 4.89. The van der Waals surface area contributed by atoms with E-state index in [1.807, 2.05) is 13.8 Å². The van der Waals surface area contributed by atoms with Crippen molar-refractivity contribution in [2.24, 2.45) is 11.1 Å². The second kappa shape index (κ2) is 5.76. The Morgan fingerprint density at radius 1 is 1.53 bits per heavy atom. The molecule has 0 radical (unpaired) electrons. The second-order valence-corrected chi connectivity index (χ2v) is 8.13. The Morgan fingerprint density at radius 3 is 2.53 bits per heavy atom. The van der Waals surface area contributed by atoms with E-state index in [0.29, 0.717) is 0 Å². The number of carbonyl (C=O) groups excluding carboxylic acids is 1. The van der Waals surface area contributed by atoms with Crippen molar-refractivity contribution in [2.75, 3.05) is 19.1 Å². The summed E-state index contributed by atoms with van der Waals surface area (Å²) in [6.07, 6.45) is 2.17. The first kappa shape index (κ1) is 16.4. The molecule has 1 fully saturated rings. The molecule has 1 saturated carbocycles. The van der Waals surface area contributed by atoms with E-state index >= 15 is 0 Å². The van der Waals surface area contributed by atoms with Gasteiger partial charge in [-0.05, 0) is 12.8 Å². The molecule has 3 unspecified atom stereocenters. The van der Waals surface area contributed by atoms with Crippen molar-refractivity contribution in [3.8, 4) is 0 Å². The third kappa shape index (κ3) is 4.15. The molecule has 19 heavy (non-hydrogen) atoms. The van der Waals surface area contributed by atoms with Crippen molar-refractivity contribution in [3.63, 3.8) is 0 Å². The zero-order chi connectivity index (χ0) is 14.8. The maximum atomic E-state index is 11.9. The number of hydrogen-bond donors (Lipinski definition) is 2. The van der Waals surface area contributed by atoms with Crippen molar-refractivity contribution in [1.82, 2.24) is 5.32 Å². The summed E-state index contributed by atoms with van der Waals surface area (Å²) in [6, 6.07) is -0.763. The second-order valence-electron chi connectivity index (χ2n) is 5.87. The molecule has 0 aliphatic heterocycles. The predicted octanol–water partition coefficient (Wildman–Crippen LogP) is -0.322. The van der Waals surface area contributed by atoms with E-state index in [4.69, 9.17) is 10.5 Å². The largest absolute Gasteiger partial charge is 0.381 e. The van der Waals surface area contributed by atoms with Gasteiger partial charge in [0.05, 0.1) is 17.9 Å². The lowest BCUT2D eigenvalue weighted by atomic mass is 9.64. The quantitative estimate of drug-likeness (QED) is 0.699. The molecule has 0 spiro atoms. The van der Waals surface area contributed by atoms with Crippen LogP contribution in [0.5, 0.6) is 0 Å². The molecular weight excluding hydrogens is 268 g/mol. The lowest BCUT2D eigenvalue weighted by Crippen LogP contribution is -2.63. The van der Waals surface area contributed by atoms with Gasteiger partial charge in [0.2, 0.25) is 5.91 Å². The molecule has 3 atom stereocenters. The fourth-order valence-electron chi connectivity index (χ4n) is 2.28. The van der Waals surface area contributed by atoms with E-state index in [0.717, 1.165) is 12.7 Å². The van der Waals surface area contributed by atoms with Crippen LogP contribution in [0.2, 0.25) is 0 Å². The molecule has 112 valence electrons. The summed E-state index contributed by atoms with van der Waals surface area (Å²) in [5.74, 6) is -0.368. The number of nitrogens with one attached hydrogen (secondary N) is 1. The predicted molar refractivity (Wildman–Crippen MR) is 73.4 cm³/mol. The van der Waals surface area contributed by atoms with Gasteiger partial charge in [0.15, 0.2) is 0 Å². The number of rotatable bonds is 6. The van der Waals surface area contributed by atoms with Crippen molar-refractivity contribution >= 4 is 15.7 Å². The SMILES string of the molecule is COC1CC(NC(=O)C(N)CCS(C)(=O)=O)C1(C)C. The molecular formula is C12H24N2O4S. The van der Waals surface area contributed by atoms with Gasteiger partial charge >= 0.3 is 0 Å². The fraction of sp³-hybridized carbons (Fsp3) is 0.917. The molecule has 1 rings (SSSR count). The van der Waals surface area contributed by atoms with Crippen LogP contribution in [0.1, 0.15) is 26.7 Å². The monoisotopic (exact) mass is 292 g/mol. The van der Waals surface area contributed by atoms with Gasteiger partial charge in [0, 0.05) is 24.8 Å². The summed E-state index contributed by atoms with van der Waals surface area (Å²) in [7, 11) is -1.43. The average Bonchev–Trinajstić information content (AvgIpc) is 2.29. The van der Waals surface area contributed by atoms with Gasteiger partial charge < -0.3 is 15.8 Å². The Bertz CT molecular complexity index is 433. The van der Waals surface area contributed by atoms with Gasteiger partial charge in [0.25, 0.3) is 0 Å². The molecule has 0 saturated heterocycles. The highest BCUT2D eigenvalue weighted by Gasteiger charge is 2.49. The number of ether oxygens (including phenoxy) is 1. The zero-order valence-corrected chi connectivity index (χ0v) is 12.8. The van der Waals surface area contributed by atoms with Crippen LogP contribution in [-0.4, -0.2) is 51.6 Å². The number of sulfone groups is 1. The van der Waals surface area contributed by atoms with Crippen LogP contribution in [0.25, 0.3) is 0 Å². The standard InChI is InChI=1S/C12H24N2O4S/c1-12(2)9(7-10(12)18-3)14-11(15)8(13)5-6-19(4,16)17/h8-10H,5-7,13H2,1-4H3,(H,14,15). The Hall–Kier alpha value is -0.660. The number of amides is 1. The van der Waals surface area contributed by atoms with E-state index in [2.05, 4.69) is 5.32 Å². The Kier molecular flexibility index (Phi) is 4.97. The van der Waals surface area contributed by atoms with Crippen LogP contribution >= 0.6 is 0 Å². The lowest BCUT2D eigenvalue weighted by Gasteiger charge is -2.51. The first-order valence-electron chi connectivity index (χ1n) is 6.34. The first-order valence-corrected chi connectivity index (χ1v) is 8.40. The summed E-state index contributed by atoms with van der Waals surface area (Å²) in [5, 5.41) is 2.87. The van der Waals surface area contributed by atoms with E-state index in [1.54, 1.807) is 7.11 Å². The molecule has 7 heteroatoms. The van der Waals surface area contributed by atoms with Gasteiger partial charge in [-0.15, -0.1) is 0 Å². The van der Waals surface area contributed by atoms with E-state index in [-0.39, 0.29) is 35.6 Å². The highest BCUT2D eigenvalue weighted by molar-refractivity contribution is 7.90. The van der Waals surface area contributed by atoms with Gasteiger partial charge in [0.1, 0.15) is 9.84 Å². The molecule has 0 aromatic rings. The first-order chi connectivity index (χ1) is 8.58. The van der Waals surface area contributed by atoms with Crippen molar-refractivity contribution in [1.29, 1.82) is 0 Å². The van der Waals surface area contributed by atoms with Crippen LogP contribution < -0.4 is 11.1 Å². The van der Waals surface area contributed by atoms with Crippen molar-refractivity contribution < 1.29 is 17.9 Å². The van der Waals surface area contributed by atoms with Gasteiger partial charge in [-0.25, -0.2) is 8.42 Å². The number of hydrogen-bond acceptors (Lipinski definition) is 5. The van der Waals surface area contributed by atoms with Crippen LogP contribution in [0.15, 0.2) is 0 Å². The molecule has 0 bridgehead atoms. The summed E-state index contributed by atoms with van der Waals surface area (Å²) in [4.78, 5) is 11.9. The normalized spacial score (nSPS) is 27.4. The minimum Gasteiger partial charge on any atom is -0.381 e. The number of nitrogens with two attached hydrogens (primary N) is 1. The molecule has 1 aliphatic rings. The average molecular weight is 292 g/mol. The van der Waals surface area contributed by atoms with Gasteiger partial charge in [-0.1, -0.05) is 13.8 Å². The summed E-state index contributed by atoms with van der Waals surface area (Å²) >= 11 is 0. The molecule has 0 aromatic carbocycles. The highest BCUT2D eigenvalue weighted by Crippen LogP contribution is 2.42. The third-order valence-electron chi connectivity index (χ3n) is 3.92. The molecule has 1 amide bonds. The highest BCUT2D eigenvalue weighted by atomic mass is 32.2. The van der Waals surface area contributed by atoms with Crippen LogP contribution in [0, 0.1) is 5.41 Å². The molecule has 0 aromatic heterocycles. The van der Waals surface area contributed by atoms with E-state index < -0.39 is 15.9 Å². The molecule has 1 aliphatic carbocycles. The summed E-state index contributed by atoms with van der Waals surface area (Å²) in [5.41, 5.74) is 5.58. The summed E-state index contributed by atoms with van der Waals surface area (Å²) in [6.45, 7) is 4.05. The molecule has 6 nitrogen and oxygen atoms in total. The number of methoxy groups -OCH3 is 1. The maximum absolute atomic E-state index is 11.9. The molecule has 3 N–H and O–H groups in total. The Labute approximate surface area is 115 Å². The fourth-order valence-corrected chi connectivity index (χ4v) is 2.96. The van der Waals surface area contributed by atoms with Gasteiger partial charge in [-0.2, -0.15) is 0 Å². The maximum Gasteiger partial charge on any atom is 0.237 e. The molecule has 0 heterocycles. The topological polar surface area (TPSA) is 98.5 Å². The Morgan fingerprint density at radius 2 is 2.11 bits per heavy atom. The van der Waals surface area contributed by atoms with E-state index in [9.17, 15) is 13.2 Å². The van der Waals surface area contributed by atoms with Gasteiger partial charge in [-0.3, -0.25) is 4.79 Å². The van der Waals surface area contributed by atoms with Crippen molar-refractivity contribution in [2.45, 2.75) is 44.9 Å². The van der Waals surface area contributed by atoms with E-state index in [1.165, 1.54) is 0 Å². The van der Waals surface area contributed by atoms with Crippen molar-refractivity contribution in [3.05, 3.63) is 0 Å². The van der Waals surface area contributed by atoms with Crippen LogP contribution in [0.3, 0.4) is 0 Å². The Balaban J connectivity index is 2.44. The smallest absolute Gasteiger partial charge is 0.237 e. The lowest BCUT2D eigenvalue weighted by molar-refractivity contribution is -0.133.